The van der Waals surface area contributed by atoms with Crippen LogP contribution in [0.3, 0.4) is 0 Å². The van der Waals surface area contributed by atoms with Crippen LogP contribution in [-0.2, 0) is 11.6 Å². The average molecular weight is 376 g/mol. The van der Waals surface area contributed by atoms with E-state index in [2.05, 4.69) is 4.98 Å². The minimum absolute atomic E-state index is 0.0680. The minimum Gasteiger partial charge on any atom is -0.291 e. The van der Waals surface area contributed by atoms with E-state index in [-0.39, 0.29) is 11.3 Å². The number of carbonyl (C=O) groups is 1. The highest BCUT2D eigenvalue weighted by Crippen LogP contribution is 2.55. The molecule has 0 spiro atoms. The van der Waals surface area contributed by atoms with Crippen molar-refractivity contribution in [2.45, 2.75) is 30.4 Å². The first kappa shape index (κ1) is 17.8. The van der Waals surface area contributed by atoms with Gasteiger partial charge in [-0.25, -0.2) is 8.78 Å². The maximum Gasteiger partial charge on any atom is 0.417 e. The third kappa shape index (κ3) is 3.13. The smallest absolute Gasteiger partial charge is 0.291 e. The Morgan fingerprint density at radius 1 is 1.12 bits per heavy atom. The second-order valence-corrected chi connectivity index (χ2v) is 6.44. The third-order valence-corrected chi connectivity index (χ3v) is 4.61. The van der Waals surface area contributed by atoms with Crippen molar-refractivity contribution in [2.75, 3.05) is 0 Å². The summed E-state index contributed by atoms with van der Waals surface area (Å²) in [6, 6.07) is 7.24. The molecule has 0 amide bonds. The van der Waals surface area contributed by atoms with Gasteiger partial charge in [0.2, 0.25) is 0 Å². The van der Waals surface area contributed by atoms with Gasteiger partial charge in [-0.3, -0.25) is 9.78 Å². The first-order valence-corrected chi connectivity index (χ1v) is 7.64. The van der Waals surface area contributed by atoms with Gasteiger partial charge in [-0.2, -0.15) is 13.2 Å². The molecule has 8 heteroatoms. The average Bonchev–Trinajstić information content (AvgIpc) is 2.51. The van der Waals surface area contributed by atoms with Crippen molar-refractivity contribution in [3.8, 4) is 0 Å². The standard InChI is InChI=1S/C17H11ClF5NO/c18-12-5-4-10(7-11(12)17(21,22)23)15(8-16(19,20)9-15)14(25)13-3-1-2-6-24-13/h1-7H,8-9H2. The van der Waals surface area contributed by atoms with Crippen LogP contribution in [0, 0.1) is 0 Å². The molecule has 3 rings (SSSR count). The maximum absolute atomic E-state index is 13.6. The Labute approximate surface area is 144 Å². The molecule has 0 atom stereocenters. The van der Waals surface area contributed by atoms with Crippen molar-refractivity contribution in [3.05, 3.63) is 64.4 Å². The number of Topliss-reactive ketones (excluding diaryl/α,β-unsaturated/α-hetero) is 1. The number of hydrogen-bond donors (Lipinski definition) is 0. The predicted octanol–water partition coefficient (Wildman–Crippen LogP) is 5.30. The fourth-order valence-electron chi connectivity index (χ4n) is 3.11. The minimum atomic E-state index is -4.76. The first-order chi connectivity index (χ1) is 11.6. The molecule has 1 heterocycles. The highest BCUT2D eigenvalue weighted by Gasteiger charge is 2.62. The zero-order valence-corrected chi connectivity index (χ0v) is 13.3. The van der Waals surface area contributed by atoms with Gasteiger partial charge in [0.25, 0.3) is 5.92 Å². The van der Waals surface area contributed by atoms with Crippen molar-refractivity contribution >= 4 is 17.4 Å². The number of nitrogens with zero attached hydrogens (tertiary/aromatic N) is 1. The largest absolute Gasteiger partial charge is 0.417 e. The van der Waals surface area contributed by atoms with Crippen LogP contribution in [0.1, 0.15) is 34.5 Å². The van der Waals surface area contributed by atoms with E-state index < -0.39 is 46.7 Å². The lowest BCUT2D eigenvalue weighted by Gasteiger charge is -2.46. The molecule has 1 aliphatic carbocycles. The number of rotatable bonds is 3. The van der Waals surface area contributed by atoms with E-state index in [1.807, 2.05) is 0 Å². The third-order valence-electron chi connectivity index (χ3n) is 4.28. The van der Waals surface area contributed by atoms with Crippen LogP contribution in [0.5, 0.6) is 0 Å². The lowest BCUT2D eigenvalue weighted by molar-refractivity contribution is -0.137. The van der Waals surface area contributed by atoms with Crippen LogP contribution in [-0.4, -0.2) is 16.7 Å². The molecule has 2 nitrogen and oxygen atoms in total. The second-order valence-electron chi connectivity index (χ2n) is 6.03. The summed E-state index contributed by atoms with van der Waals surface area (Å²) in [7, 11) is 0. The van der Waals surface area contributed by atoms with E-state index >= 15 is 0 Å². The molecule has 0 unspecified atom stereocenters. The van der Waals surface area contributed by atoms with Gasteiger partial charge in [0.1, 0.15) is 5.69 Å². The van der Waals surface area contributed by atoms with Crippen molar-refractivity contribution in [2.24, 2.45) is 0 Å². The van der Waals surface area contributed by atoms with Crippen LogP contribution in [0.15, 0.2) is 42.6 Å². The summed E-state index contributed by atoms with van der Waals surface area (Å²) in [4.78, 5) is 16.6. The number of pyridine rings is 1. The fraction of sp³-hybridized carbons (Fsp3) is 0.294. The zero-order chi connectivity index (χ0) is 18.5. The topological polar surface area (TPSA) is 30.0 Å². The summed E-state index contributed by atoms with van der Waals surface area (Å²) >= 11 is 5.58. The number of benzene rings is 1. The van der Waals surface area contributed by atoms with E-state index in [9.17, 15) is 26.7 Å². The van der Waals surface area contributed by atoms with E-state index in [0.717, 1.165) is 6.07 Å². The Morgan fingerprint density at radius 3 is 2.32 bits per heavy atom. The molecule has 0 N–H and O–H groups in total. The highest BCUT2D eigenvalue weighted by atomic mass is 35.5. The molecule has 0 bridgehead atoms. The van der Waals surface area contributed by atoms with Gasteiger partial charge in [0.15, 0.2) is 5.78 Å². The zero-order valence-electron chi connectivity index (χ0n) is 12.6. The van der Waals surface area contributed by atoms with Crippen molar-refractivity contribution in [1.29, 1.82) is 0 Å². The first-order valence-electron chi connectivity index (χ1n) is 7.26. The predicted molar refractivity (Wildman–Crippen MR) is 80.9 cm³/mol. The lowest BCUT2D eigenvalue weighted by atomic mass is 9.59. The van der Waals surface area contributed by atoms with Gasteiger partial charge in [-0.15, -0.1) is 0 Å². The molecule has 1 aromatic carbocycles. The number of alkyl halides is 5. The Balaban J connectivity index is 2.11. The molecule has 25 heavy (non-hydrogen) atoms. The van der Waals surface area contributed by atoms with Crippen LogP contribution in [0.2, 0.25) is 5.02 Å². The highest BCUT2D eigenvalue weighted by molar-refractivity contribution is 6.31. The fourth-order valence-corrected chi connectivity index (χ4v) is 3.33. The normalized spacial score (nSPS) is 18.5. The number of hydrogen-bond acceptors (Lipinski definition) is 2. The molecule has 0 radical (unpaired) electrons. The summed E-state index contributed by atoms with van der Waals surface area (Å²) in [5.41, 5.74) is -3.11. The van der Waals surface area contributed by atoms with Gasteiger partial charge >= 0.3 is 6.18 Å². The summed E-state index contributed by atoms with van der Waals surface area (Å²) in [6.07, 6.45) is -5.17. The summed E-state index contributed by atoms with van der Waals surface area (Å²) in [5, 5.41) is -0.553. The molecule has 0 saturated heterocycles. The van der Waals surface area contributed by atoms with Gasteiger partial charge < -0.3 is 0 Å². The van der Waals surface area contributed by atoms with Crippen molar-refractivity contribution in [1.82, 2.24) is 4.98 Å². The number of carbonyl (C=O) groups excluding carboxylic acids is 1. The molecular formula is C17H11ClF5NO. The molecule has 0 aliphatic heterocycles. The lowest BCUT2D eigenvalue weighted by Crippen LogP contribution is -2.54. The van der Waals surface area contributed by atoms with Crippen LogP contribution >= 0.6 is 11.6 Å². The summed E-state index contributed by atoms with van der Waals surface area (Å²) in [6.45, 7) is 0. The monoisotopic (exact) mass is 375 g/mol. The van der Waals surface area contributed by atoms with Crippen LogP contribution in [0.25, 0.3) is 0 Å². The second kappa shape index (κ2) is 5.76. The molecule has 2 aromatic rings. The SMILES string of the molecule is O=C(c1ccccn1)C1(c2ccc(Cl)c(C(F)(F)F)c2)CC(F)(F)C1. The maximum atomic E-state index is 13.6. The quantitative estimate of drug-likeness (QED) is 0.538. The summed E-state index contributed by atoms with van der Waals surface area (Å²) < 4.78 is 66.4. The molecule has 1 aromatic heterocycles. The molecular weight excluding hydrogens is 365 g/mol. The van der Waals surface area contributed by atoms with E-state index in [4.69, 9.17) is 11.6 Å². The Bertz CT molecular complexity index is 812. The number of halogens is 6. The molecule has 1 aliphatic rings. The van der Waals surface area contributed by atoms with E-state index in [0.29, 0.717) is 6.07 Å². The Hall–Kier alpha value is -2.02. The van der Waals surface area contributed by atoms with Gasteiger partial charge in [0.05, 0.1) is 16.0 Å². The van der Waals surface area contributed by atoms with E-state index in [1.54, 1.807) is 6.07 Å². The van der Waals surface area contributed by atoms with Crippen LogP contribution < -0.4 is 0 Å². The van der Waals surface area contributed by atoms with Crippen molar-refractivity contribution < 1.29 is 26.7 Å². The van der Waals surface area contributed by atoms with Gasteiger partial charge in [-0.05, 0) is 29.8 Å². The van der Waals surface area contributed by atoms with Crippen LogP contribution in [0.4, 0.5) is 22.0 Å². The Kier molecular flexibility index (Phi) is 4.10. The summed E-state index contributed by atoms with van der Waals surface area (Å²) in [5.74, 6) is -3.85. The number of aromatic nitrogens is 1. The number of ketones is 1. The van der Waals surface area contributed by atoms with Gasteiger partial charge in [-0.1, -0.05) is 23.7 Å². The van der Waals surface area contributed by atoms with E-state index in [1.165, 1.54) is 24.4 Å². The molecule has 1 saturated carbocycles. The molecule has 132 valence electrons. The van der Waals surface area contributed by atoms with Crippen molar-refractivity contribution in [3.63, 3.8) is 0 Å². The Morgan fingerprint density at radius 2 is 1.80 bits per heavy atom. The molecule has 1 fully saturated rings. The van der Waals surface area contributed by atoms with Gasteiger partial charge in [0, 0.05) is 19.0 Å².